The molecule has 7 heteroatoms. The average molecular weight is 348 g/mol. The molecule has 1 fully saturated rings. The fraction of sp³-hybridized carbons (Fsp3) is 0.444. The van der Waals surface area contributed by atoms with Crippen LogP contribution in [0.5, 0.6) is 0 Å². The number of hydrogen-bond acceptors (Lipinski definition) is 4. The highest BCUT2D eigenvalue weighted by Crippen LogP contribution is 2.29. The van der Waals surface area contributed by atoms with Crippen molar-refractivity contribution in [2.24, 2.45) is 0 Å². The molecule has 0 saturated carbocycles. The maximum Gasteiger partial charge on any atom is 0.262 e. The molecule has 0 aliphatic carbocycles. The van der Waals surface area contributed by atoms with Crippen molar-refractivity contribution in [3.8, 4) is 0 Å². The average Bonchev–Trinajstić information content (AvgIpc) is 2.80. The van der Waals surface area contributed by atoms with Crippen molar-refractivity contribution >= 4 is 23.6 Å². The Balaban J connectivity index is 0.000000511. The molecule has 2 heterocycles. The van der Waals surface area contributed by atoms with Gasteiger partial charge in [-0.05, 0) is 31.0 Å². The normalized spacial score (nSPS) is 19.4. The number of amides is 4. The number of carbonyl (C=O) groups is 4. The molecule has 4 amide bonds. The van der Waals surface area contributed by atoms with Gasteiger partial charge in [-0.15, -0.1) is 0 Å². The van der Waals surface area contributed by atoms with E-state index in [-0.39, 0.29) is 29.5 Å². The summed E-state index contributed by atoms with van der Waals surface area (Å²) >= 11 is 0. The quantitative estimate of drug-likeness (QED) is 0.832. The van der Waals surface area contributed by atoms with Gasteiger partial charge in [0.25, 0.3) is 11.8 Å². The van der Waals surface area contributed by atoms with Crippen LogP contribution in [0.2, 0.25) is 0 Å². The third-order valence-corrected chi connectivity index (χ3v) is 4.22. The highest BCUT2D eigenvalue weighted by Gasteiger charge is 2.44. The van der Waals surface area contributed by atoms with Crippen LogP contribution in [0.15, 0.2) is 12.1 Å². The van der Waals surface area contributed by atoms with E-state index in [1.807, 2.05) is 0 Å². The number of hydrogen-bond donors (Lipinski definition) is 1. The standard InChI is InChI=1S/C14H11FN2O4.C4H10/c1-6-4-7-8(5-9(6)15)14(21)17(13(7)20)10-2-3-11(18)16-12(10)19;1-3-4-2/h4-5,10H,2-3H2,1H3,(H,16,18,19);3-4H2,1-2H3. The zero-order valence-corrected chi connectivity index (χ0v) is 14.5. The van der Waals surface area contributed by atoms with Gasteiger partial charge in [0, 0.05) is 6.42 Å². The summed E-state index contributed by atoms with van der Waals surface area (Å²) < 4.78 is 13.6. The SMILES string of the molecule is CCCC.Cc1cc2c(cc1F)C(=O)N(C1CCC(=O)NC1=O)C2=O. The van der Waals surface area contributed by atoms with Gasteiger partial charge in [0.15, 0.2) is 0 Å². The number of aryl methyl sites for hydroxylation is 1. The molecule has 0 radical (unpaired) electrons. The fourth-order valence-electron chi connectivity index (χ4n) is 2.60. The van der Waals surface area contributed by atoms with E-state index in [9.17, 15) is 23.6 Å². The molecular weight excluding hydrogens is 327 g/mol. The van der Waals surface area contributed by atoms with E-state index in [4.69, 9.17) is 0 Å². The first-order valence-electron chi connectivity index (χ1n) is 8.33. The molecule has 3 rings (SSSR count). The second kappa shape index (κ2) is 7.55. The van der Waals surface area contributed by atoms with Gasteiger partial charge in [-0.25, -0.2) is 4.39 Å². The van der Waals surface area contributed by atoms with E-state index in [0.29, 0.717) is 0 Å². The highest BCUT2D eigenvalue weighted by atomic mass is 19.1. The van der Waals surface area contributed by atoms with Gasteiger partial charge in [0.05, 0.1) is 11.1 Å². The summed E-state index contributed by atoms with van der Waals surface area (Å²) in [4.78, 5) is 48.3. The first-order chi connectivity index (χ1) is 11.8. The molecule has 1 atom stereocenters. The van der Waals surface area contributed by atoms with Crippen molar-refractivity contribution in [3.63, 3.8) is 0 Å². The van der Waals surface area contributed by atoms with Crippen LogP contribution in [0.3, 0.4) is 0 Å². The molecule has 1 aromatic rings. The first-order valence-corrected chi connectivity index (χ1v) is 8.33. The van der Waals surface area contributed by atoms with Crippen LogP contribution in [-0.2, 0) is 9.59 Å². The molecule has 1 aromatic carbocycles. The lowest BCUT2D eigenvalue weighted by Gasteiger charge is -2.27. The Labute approximate surface area is 145 Å². The number of fused-ring (bicyclic) bond motifs is 1. The number of halogens is 1. The summed E-state index contributed by atoms with van der Waals surface area (Å²) in [7, 11) is 0. The Morgan fingerprint density at radius 1 is 1.08 bits per heavy atom. The number of nitrogens with zero attached hydrogens (tertiary/aromatic N) is 1. The molecule has 1 N–H and O–H groups in total. The summed E-state index contributed by atoms with van der Waals surface area (Å²) in [5, 5.41) is 2.10. The summed E-state index contributed by atoms with van der Waals surface area (Å²) in [5.74, 6) is -3.04. The molecule has 134 valence electrons. The molecule has 0 bridgehead atoms. The lowest BCUT2D eigenvalue weighted by atomic mass is 10.0. The number of piperidine rings is 1. The monoisotopic (exact) mass is 348 g/mol. The van der Waals surface area contributed by atoms with Crippen molar-refractivity contribution in [3.05, 3.63) is 34.6 Å². The Morgan fingerprint density at radius 3 is 2.16 bits per heavy atom. The van der Waals surface area contributed by atoms with Gasteiger partial charge in [0.2, 0.25) is 11.8 Å². The number of nitrogens with one attached hydrogen (secondary N) is 1. The molecule has 1 unspecified atom stereocenters. The lowest BCUT2D eigenvalue weighted by Crippen LogP contribution is -2.54. The Bertz CT molecular complexity index is 702. The van der Waals surface area contributed by atoms with Gasteiger partial charge in [-0.1, -0.05) is 26.7 Å². The number of rotatable bonds is 2. The maximum atomic E-state index is 13.6. The summed E-state index contributed by atoms with van der Waals surface area (Å²) in [6.45, 7) is 5.85. The Hall–Kier alpha value is -2.57. The third kappa shape index (κ3) is 3.60. The van der Waals surface area contributed by atoms with E-state index in [2.05, 4.69) is 19.2 Å². The second-order valence-electron chi connectivity index (χ2n) is 6.09. The molecule has 6 nitrogen and oxygen atoms in total. The van der Waals surface area contributed by atoms with Gasteiger partial charge in [0.1, 0.15) is 11.9 Å². The van der Waals surface area contributed by atoms with E-state index in [0.717, 1.165) is 11.0 Å². The van der Waals surface area contributed by atoms with Crippen LogP contribution in [0.25, 0.3) is 0 Å². The zero-order chi connectivity index (χ0) is 18.7. The van der Waals surface area contributed by atoms with E-state index in [1.54, 1.807) is 0 Å². The smallest absolute Gasteiger partial charge is 0.262 e. The van der Waals surface area contributed by atoms with Gasteiger partial charge >= 0.3 is 0 Å². The van der Waals surface area contributed by atoms with Crippen molar-refractivity contribution in [1.29, 1.82) is 0 Å². The van der Waals surface area contributed by atoms with Crippen LogP contribution in [0.4, 0.5) is 4.39 Å². The minimum Gasteiger partial charge on any atom is -0.295 e. The van der Waals surface area contributed by atoms with E-state index < -0.39 is 35.5 Å². The lowest BCUT2D eigenvalue weighted by molar-refractivity contribution is -0.136. The fourth-order valence-corrected chi connectivity index (χ4v) is 2.60. The van der Waals surface area contributed by atoms with Crippen molar-refractivity contribution in [1.82, 2.24) is 10.2 Å². The molecule has 0 spiro atoms. The zero-order valence-electron chi connectivity index (χ0n) is 14.5. The molecule has 25 heavy (non-hydrogen) atoms. The third-order valence-electron chi connectivity index (χ3n) is 4.22. The number of benzene rings is 1. The number of unbranched alkanes of at least 4 members (excludes halogenated alkanes) is 1. The predicted octanol–water partition coefficient (Wildman–Crippen LogP) is 2.34. The van der Waals surface area contributed by atoms with Crippen LogP contribution in [-0.4, -0.2) is 34.6 Å². The number of imide groups is 2. The second-order valence-corrected chi connectivity index (χ2v) is 6.09. The predicted molar refractivity (Wildman–Crippen MR) is 88.4 cm³/mol. The maximum absolute atomic E-state index is 13.6. The van der Waals surface area contributed by atoms with E-state index in [1.165, 1.54) is 25.8 Å². The van der Waals surface area contributed by atoms with Crippen LogP contribution in [0, 0.1) is 12.7 Å². The molecule has 1 saturated heterocycles. The van der Waals surface area contributed by atoms with Crippen LogP contribution < -0.4 is 5.32 Å². The molecule has 0 aromatic heterocycles. The number of carbonyl (C=O) groups excluding carboxylic acids is 4. The van der Waals surface area contributed by atoms with Crippen molar-refractivity contribution < 1.29 is 23.6 Å². The summed E-state index contributed by atoms with van der Waals surface area (Å²) in [6, 6.07) is 1.28. The van der Waals surface area contributed by atoms with Crippen molar-refractivity contribution in [2.45, 2.75) is 52.5 Å². The minimum atomic E-state index is -1.03. The molecule has 2 aliphatic rings. The highest BCUT2D eigenvalue weighted by molar-refractivity contribution is 6.23. The van der Waals surface area contributed by atoms with E-state index >= 15 is 0 Å². The summed E-state index contributed by atoms with van der Waals surface area (Å²) in [5.41, 5.74) is 0.288. The minimum absolute atomic E-state index is 0.0483. The van der Waals surface area contributed by atoms with Crippen LogP contribution >= 0.6 is 0 Å². The largest absolute Gasteiger partial charge is 0.295 e. The molecular formula is C18H21FN2O4. The summed E-state index contributed by atoms with van der Waals surface area (Å²) in [6.07, 6.45) is 2.77. The molecule has 2 aliphatic heterocycles. The van der Waals surface area contributed by atoms with Gasteiger partial charge in [-0.3, -0.25) is 29.4 Å². The van der Waals surface area contributed by atoms with Crippen LogP contribution in [0.1, 0.15) is 65.8 Å². The van der Waals surface area contributed by atoms with Gasteiger partial charge in [-0.2, -0.15) is 0 Å². The van der Waals surface area contributed by atoms with Gasteiger partial charge < -0.3 is 0 Å². The van der Waals surface area contributed by atoms with Crippen molar-refractivity contribution in [2.75, 3.05) is 0 Å². The Kier molecular flexibility index (Phi) is 5.66. The first kappa shape index (κ1) is 18.8. The Morgan fingerprint density at radius 2 is 1.64 bits per heavy atom. The topological polar surface area (TPSA) is 83.6 Å².